The smallest absolute Gasteiger partial charge is 0.162 e. The summed E-state index contributed by atoms with van der Waals surface area (Å²) in [4.78, 5) is 0. The van der Waals surface area contributed by atoms with Crippen molar-refractivity contribution in [2.24, 2.45) is 0 Å². The van der Waals surface area contributed by atoms with E-state index >= 15 is 0 Å². The van der Waals surface area contributed by atoms with Gasteiger partial charge in [-0.1, -0.05) is 0 Å². The van der Waals surface area contributed by atoms with Gasteiger partial charge in [-0.3, -0.25) is 0 Å². The second kappa shape index (κ2) is 0.533. The summed E-state index contributed by atoms with van der Waals surface area (Å²) in [5, 5.41) is 16.4. The normalized spacial score (nSPS) is 30.0. The van der Waals surface area contributed by atoms with E-state index in [4.69, 9.17) is 10.2 Å². The number of rotatable bonds is 0. The Morgan fingerprint density at radius 2 is 1.40 bits per heavy atom. The number of hydrogen-bond donors (Lipinski definition) is 2. The van der Waals surface area contributed by atoms with Crippen LogP contribution in [-0.4, -0.2) is 16.0 Å². The summed E-state index contributed by atoms with van der Waals surface area (Å²) >= 11 is 0. The molecule has 2 heteroatoms. The lowest BCUT2D eigenvalue weighted by Crippen LogP contribution is -2.00. The van der Waals surface area contributed by atoms with Crippen LogP contribution in [0, 0.1) is 0 Å². The fraction of sp³-hybridized carbons (Fsp3) is 1.00. The molecular formula is C3H6O2. The van der Waals surface area contributed by atoms with Gasteiger partial charge in [0.15, 0.2) is 5.79 Å². The van der Waals surface area contributed by atoms with Gasteiger partial charge in [0.05, 0.1) is 0 Å². The number of hydrogen-bond acceptors (Lipinski definition) is 2. The first kappa shape index (κ1) is 3.12. The van der Waals surface area contributed by atoms with Crippen molar-refractivity contribution >= 4 is 0 Å². The van der Waals surface area contributed by atoms with Crippen LogP contribution in [0.3, 0.4) is 0 Å². The predicted molar refractivity (Wildman–Crippen MR) is 16.4 cm³/mol. The Balaban J connectivity index is 2.38. The molecule has 0 aromatic rings. The van der Waals surface area contributed by atoms with Crippen molar-refractivity contribution in [2.45, 2.75) is 18.6 Å². The Morgan fingerprint density at radius 3 is 1.40 bits per heavy atom. The second-order valence-electron chi connectivity index (χ2n) is 1.48. The lowest BCUT2D eigenvalue weighted by atomic mass is 10.7. The molecule has 1 aliphatic carbocycles. The van der Waals surface area contributed by atoms with Crippen LogP contribution >= 0.6 is 0 Å². The van der Waals surface area contributed by atoms with Crippen LogP contribution in [0.15, 0.2) is 0 Å². The highest BCUT2D eigenvalue weighted by Crippen LogP contribution is 2.30. The Morgan fingerprint density at radius 1 is 1.20 bits per heavy atom. The molecule has 0 spiro atoms. The van der Waals surface area contributed by atoms with Crippen LogP contribution in [0.2, 0.25) is 0 Å². The predicted octanol–water partition coefficient (Wildman–Crippen LogP) is -0.539. The summed E-state index contributed by atoms with van der Waals surface area (Å²) < 4.78 is 0. The van der Waals surface area contributed by atoms with Gasteiger partial charge in [-0.25, -0.2) is 0 Å². The van der Waals surface area contributed by atoms with Crippen LogP contribution in [0.1, 0.15) is 12.8 Å². The minimum Gasteiger partial charge on any atom is -0.366 e. The molecule has 1 fully saturated rings. The molecule has 5 heavy (non-hydrogen) atoms. The van der Waals surface area contributed by atoms with E-state index < -0.39 is 5.79 Å². The van der Waals surface area contributed by atoms with Gasteiger partial charge in [0.2, 0.25) is 0 Å². The molecule has 1 aliphatic rings. The first-order valence-corrected chi connectivity index (χ1v) is 1.65. The summed E-state index contributed by atoms with van der Waals surface area (Å²) in [5.74, 6) is -1.25. The van der Waals surface area contributed by atoms with Gasteiger partial charge in [0.25, 0.3) is 0 Å². The molecule has 0 atom stereocenters. The zero-order valence-electron chi connectivity index (χ0n) is 2.81. The van der Waals surface area contributed by atoms with Crippen LogP contribution in [0.25, 0.3) is 0 Å². The van der Waals surface area contributed by atoms with Crippen LogP contribution in [0.5, 0.6) is 0 Å². The SMILES string of the molecule is OC1(O)CC1. The van der Waals surface area contributed by atoms with E-state index in [1.165, 1.54) is 0 Å². The van der Waals surface area contributed by atoms with Crippen molar-refractivity contribution in [3.05, 3.63) is 0 Å². The monoisotopic (exact) mass is 74.0 g/mol. The number of aliphatic hydroxyl groups is 2. The molecule has 0 aliphatic heterocycles. The molecule has 30 valence electrons. The highest BCUT2D eigenvalue weighted by molar-refractivity contribution is 4.79. The van der Waals surface area contributed by atoms with Crippen molar-refractivity contribution in [1.29, 1.82) is 0 Å². The van der Waals surface area contributed by atoms with E-state index in [1.54, 1.807) is 0 Å². The summed E-state index contributed by atoms with van der Waals surface area (Å²) in [5.41, 5.74) is 0. The Hall–Kier alpha value is -0.0800. The summed E-state index contributed by atoms with van der Waals surface area (Å²) in [6.45, 7) is 0. The van der Waals surface area contributed by atoms with Gasteiger partial charge in [0, 0.05) is 12.8 Å². The molecule has 0 radical (unpaired) electrons. The third kappa shape index (κ3) is 0.597. The average molecular weight is 74.1 g/mol. The van der Waals surface area contributed by atoms with Gasteiger partial charge in [-0.2, -0.15) is 0 Å². The fourth-order valence-corrected chi connectivity index (χ4v) is 0.112. The maximum absolute atomic E-state index is 8.19. The highest BCUT2D eigenvalue weighted by atomic mass is 16.5. The minimum absolute atomic E-state index is 0.562. The lowest BCUT2D eigenvalue weighted by Gasteiger charge is -1.87. The quantitative estimate of drug-likeness (QED) is 0.379. The minimum atomic E-state index is -1.25. The Labute approximate surface area is 30.1 Å². The summed E-state index contributed by atoms with van der Waals surface area (Å²) in [7, 11) is 0. The van der Waals surface area contributed by atoms with E-state index in [0.29, 0.717) is 12.8 Å². The molecule has 2 N–H and O–H groups in total. The molecule has 0 amide bonds. The van der Waals surface area contributed by atoms with Crippen LogP contribution in [-0.2, 0) is 0 Å². The summed E-state index contributed by atoms with van der Waals surface area (Å²) in [6.07, 6.45) is 1.12. The third-order valence-corrected chi connectivity index (χ3v) is 0.697. The van der Waals surface area contributed by atoms with Crippen molar-refractivity contribution in [2.75, 3.05) is 0 Å². The van der Waals surface area contributed by atoms with Gasteiger partial charge in [-0.05, 0) is 0 Å². The van der Waals surface area contributed by atoms with E-state index in [1.807, 2.05) is 0 Å². The van der Waals surface area contributed by atoms with Gasteiger partial charge >= 0.3 is 0 Å². The maximum Gasteiger partial charge on any atom is 0.162 e. The highest BCUT2D eigenvalue weighted by Gasteiger charge is 2.37. The van der Waals surface area contributed by atoms with E-state index in [0.717, 1.165) is 0 Å². The third-order valence-electron chi connectivity index (χ3n) is 0.697. The van der Waals surface area contributed by atoms with Crippen LogP contribution < -0.4 is 0 Å². The molecule has 0 unspecified atom stereocenters. The summed E-state index contributed by atoms with van der Waals surface area (Å²) in [6, 6.07) is 0. The van der Waals surface area contributed by atoms with Crippen molar-refractivity contribution in [3.63, 3.8) is 0 Å². The van der Waals surface area contributed by atoms with E-state index in [-0.39, 0.29) is 0 Å². The molecule has 0 aromatic carbocycles. The average Bonchev–Trinajstić information content (AvgIpc) is 1.76. The Bertz CT molecular complexity index is 42.9. The van der Waals surface area contributed by atoms with Gasteiger partial charge in [-0.15, -0.1) is 0 Å². The van der Waals surface area contributed by atoms with Crippen molar-refractivity contribution < 1.29 is 10.2 Å². The lowest BCUT2D eigenvalue weighted by molar-refractivity contribution is -0.0676. The zero-order valence-corrected chi connectivity index (χ0v) is 2.81. The molecule has 1 saturated carbocycles. The van der Waals surface area contributed by atoms with Crippen LogP contribution in [0.4, 0.5) is 0 Å². The Kier molecular flexibility index (Phi) is 0.333. The van der Waals surface area contributed by atoms with Gasteiger partial charge in [0.1, 0.15) is 0 Å². The standard InChI is InChI=1S/C3H6O2/c4-3(5)1-2-3/h4-5H,1-2H2. The molecule has 1 rings (SSSR count). The molecule has 0 bridgehead atoms. The largest absolute Gasteiger partial charge is 0.366 e. The first-order chi connectivity index (χ1) is 2.21. The molecule has 2 nitrogen and oxygen atoms in total. The van der Waals surface area contributed by atoms with Crippen molar-refractivity contribution in [3.8, 4) is 0 Å². The zero-order chi connectivity index (χ0) is 3.91. The fourth-order valence-electron chi connectivity index (χ4n) is 0.112. The van der Waals surface area contributed by atoms with E-state index in [9.17, 15) is 0 Å². The maximum atomic E-state index is 8.19. The molecule has 0 heterocycles. The van der Waals surface area contributed by atoms with Gasteiger partial charge < -0.3 is 10.2 Å². The van der Waals surface area contributed by atoms with Crippen molar-refractivity contribution in [1.82, 2.24) is 0 Å². The first-order valence-electron chi connectivity index (χ1n) is 1.65. The topological polar surface area (TPSA) is 40.5 Å². The molecule has 0 saturated heterocycles. The molecule has 0 aromatic heterocycles. The molecular weight excluding hydrogens is 68.0 g/mol. The van der Waals surface area contributed by atoms with E-state index in [2.05, 4.69) is 0 Å². The second-order valence-corrected chi connectivity index (χ2v) is 1.48.